The Hall–Kier alpha value is -0.710. The number of benzene rings is 1. The second kappa shape index (κ2) is 4.65. The molecule has 0 fully saturated rings. The summed E-state index contributed by atoms with van der Waals surface area (Å²) in [5.74, 6) is -0.270. The van der Waals surface area contributed by atoms with Gasteiger partial charge in [-0.1, -0.05) is 22.0 Å². The lowest BCUT2D eigenvalue weighted by Gasteiger charge is -2.11. The number of nitrogens with two attached hydrogens (primary N) is 1. The molecular formula is C12H11BrFNS. The van der Waals surface area contributed by atoms with Gasteiger partial charge in [-0.25, -0.2) is 4.39 Å². The van der Waals surface area contributed by atoms with Crippen LogP contribution < -0.4 is 5.73 Å². The van der Waals surface area contributed by atoms with E-state index in [0.717, 1.165) is 9.35 Å². The van der Waals surface area contributed by atoms with Gasteiger partial charge in [-0.3, -0.25) is 0 Å². The first-order chi connectivity index (χ1) is 7.58. The molecule has 0 saturated carbocycles. The van der Waals surface area contributed by atoms with Crippen LogP contribution in [0.25, 0.3) is 0 Å². The first-order valence-corrected chi connectivity index (χ1v) is 6.46. The molecule has 1 aromatic heterocycles. The second-order valence-electron chi connectivity index (χ2n) is 3.59. The van der Waals surface area contributed by atoms with E-state index in [1.807, 2.05) is 19.1 Å². The number of thiophene rings is 1. The van der Waals surface area contributed by atoms with E-state index < -0.39 is 0 Å². The zero-order chi connectivity index (χ0) is 11.7. The standard InChI is InChI=1S/C12H11BrFNS/c1-7-2-5-11(16-7)12(15)9-4-3-8(13)6-10(9)14/h2-6,12H,15H2,1H3. The van der Waals surface area contributed by atoms with Crippen molar-refractivity contribution in [2.75, 3.05) is 0 Å². The van der Waals surface area contributed by atoms with Crippen molar-refractivity contribution >= 4 is 27.3 Å². The monoisotopic (exact) mass is 299 g/mol. The largest absolute Gasteiger partial charge is 0.320 e. The highest BCUT2D eigenvalue weighted by Crippen LogP contribution is 2.28. The van der Waals surface area contributed by atoms with Crippen molar-refractivity contribution in [2.24, 2.45) is 5.73 Å². The number of halogens is 2. The molecule has 16 heavy (non-hydrogen) atoms. The molecule has 1 atom stereocenters. The molecule has 84 valence electrons. The van der Waals surface area contributed by atoms with Gasteiger partial charge in [-0.2, -0.15) is 0 Å². The summed E-state index contributed by atoms with van der Waals surface area (Å²) in [5, 5.41) is 0. The molecule has 0 radical (unpaired) electrons. The van der Waals surface area contributed by atoms with Gasteiger partial charge in [0.1, 0.15) is 5.82 Å². The Kier molecular flexibility index (Phi) is 3.42. The van der Waals surface area contributed by atoms with E-state index in [-0.39, 0.29) is 11.9 Å². The van der Waals surface area contributed by atoms with Crippen LogP contribution in [0, 0.1) is 12.7 Å². The third-order valence-electron chi connectivity index (χ3n) is 2.37. The molecule has 2 aromatic rings. The third kappa shape index (κ3) is 2.34. The molecular weight excluding hydrogens is 289 g/mol. The minimum atomic E-state index is -0.383. The first kappa shape index (κ1) is 11.8. The lowest BCUT2D eigenvalue weighted by atomic mass is 10.1. The molecule has 0 aliphatic rings. The number of hydrogen-bond acceptors (Lipinski definition) is 2. The maximum absolute atomic E-state index is 13.7. The van der Waals surface area contributed by atoms with E-state index >= 15 is 0 Å². The Morgan fingerprint density at radius 2 is 2.06 bits per heavy atom. The van der Waals surface area contributed by atoms with Crippen LogP contribution in [-0.2, 0) is 0 Å². The van der Waals surface area contributed by atoms with Gasteiger partial charge in [-0.05, 0) is 31.2 Å². The Morgan fingerprint density at radius 3 is 2.62 bits per heavy atom. The molecule has 2 rings (SSSR count). The molecule has 0 amide bonds. The molecule has 4 heteroatoms. The topological polar surface area (TPSA) is 26.0 Å². The van der Waals surface area contributed by atoms with Gasteiger partial charge in [0.15, 0.2) is 0 Å². The van der Waals surface area contributed by atoms with Gasteiger partial charge in [0.25, 0.3) is 0 Å². The Morgan fingerprint density at radius 1 is 1.31 bits per heavy atom. The average molecular weight is 300 g/mol. The number of hydrogen-bond donors (Lipinski definition) is 1. The lowest BCUT2D eigenvalue weighted by Crippen LogP contribution is -2.12. The van der Waals surface area contributed by atoms with Crippen molar-refractivity contribution in [2.45, 2.75) is 13.0 Å². The predicted octanol–water partition coefficient (Wildman–Crippen LogP) is 4.01. The quantitative estimate of drug-likeness (QED) is 0.891. The number of aryl methyl sites for hydroxylation is 1. The number of rotatable bonds is 2. The molecule has 0 spiro atoms. The van der Waals surface area contributed by atoms with Gasteiger partial charge >= 0.3 is 0 Å². The van der Waals surface area contributed by atoms with Crippen LogP contribution in [0.15, 0.2) is 34.8 Å². The first-order valence-electron chi connectivity index (χ1n) is 4.85. The zero-order valence-corrected chi connectivity index (χ0v) is 11.1. The lowest BCUT2D eigenvalue weighted by molar-refractivity contribution is 0.600. The molecule has 2 N–H and O–H groups in total. The summed E-state index contributed by atoms with van der Waals surface area (Å²) >= 11 is 4.83. The highest BCUT2D eigenvalue weighted by atomic mass is 79.9. The minimum Gasteiger partial charge on any atom is -0.320 e. The van der Waals surface area contributed by atoms with Crippen molar-refractivity contribution in [1.29, 1.82) is 0 Å². The molecule has 0 aliphatic heterocycles. The summed E-state index contributed by atoms with van der Waals surface area (Å²) in [4.78, 5) is 2.17. The van der Waals surface area contributed by atoms with Crippen LogP contribution in [-0.4, -0.2) is 0 Å². The zero-order valence-electron chi connectivity index (χ0n) is 8.71. The normalized spacial score (nSPS) is 12.8. The van der Waals surface area contributed by atoms with Gasteiger partial charge in [0, 0.05) is 19.8 Å². The maximum atomic E-state index is 13.7. The summed E-state index contributed by atoms with van der Waals surface area (Å²) in [6, 6.07) is 8.53. The Balaban J connectivity index is 2.37. The summed E-state index contributed by atoms with van der Waals surface area (Å²) in [6.45, 7) is 2.01. The van der Waals surface area contributed by atoms with Crippen molar-refractivity contribution in [1.82, 2.24) is 0 Å². The van der Waals surface area contributed by atoms with E-state index in [2.05, 4.69) is 15.9 Å². The van der Waals surface area contributed by atoms with Crippen LogP contribution in [0.1, 0.15) is 21.4 Å². The summed E-state index contributed by atoms with van der Waals surface area (Å²) in [7, 11) is 0. The van der Waals surface area contributed by atoms with Gasteiger partial charge in [0.05, 0.1) is 6.04 Å². The Bertz CT molecular complexity index is 509. The van der Waals surface area contributed by atoms with Crippen LogP contribution in [0.3, 0.4) is 0 Å². The van der Waals surface area contributed by atoms with E-state index in [9.17, 15) is 4.39 Å². The molecule has 1 unspecified atom stereocenters. The van der Waals surface area contributed by atoms with Gasteiger partial charge in [-0.15, -0.1) is 11.3 Å². The van der Waals surface area contributed by atoms with Crippen molar-refractivity contribution in [3.63, 3.8) is 0 Å². The van der Waals surface area contributed by atoms with Gasteiger partial charge < -0.3 is 5.73 Å². The van der Waals surface area contributed by atoms with Gasteiger partial charge in [0.2, 0.25) is 0 Å². The predicted molar refractivity (Wildman–Crippen MR) is 69.2 cm³/mol. The van der Waals surface area contributed by atoms with Crippen LogP contribution in [0.5, 0.6) is 0 Å². The third-order valence-corrected chi connectivity index (χ3v) is 3.94. The van der Waals surface area contributed by atoms with Crippen molar-refractivity contribution in [3.8, 4) is 0 Å². The highest BCUT2D eigenvalue weighted by Gasteiger charge is 2.15. The molecule has 0 bridgehead atoms. The highest BCUT2D eigenvalue weighted by molar-refractivity contribution is 9.10. The molecule has 1 aromatic carbocycles. The second-order valence-corrected chi connectivity index (χ2v) is 5.83. The van der Waals surface area contributed by atoms with Crippen molar-refractivity contribution in [3.05, 3.63) is 55.9 Å². The molecule has 1 nitrogen and oxygen atoms in total. The summed E-state index contributed by atoms with van der Waals surface area (Å²) in [5.41, 5.74) is 6.57. The van der Waals surface area contributed by atoms with E-state index in [0.29, 0.717) is 5.56 Å². The smallest absolute Gasteiger partial charge is 0.129 e. The fourth-order valence-corrected chi connectivity index (χ4v) is 2.76. The Labute approximate surface area is 106 Å². The minimum absolute atomic E-state index is 0.270. The van der Waals surface area contributed by atoms with Crippen LogP contribution >= 0.6 is 27.3 Å². The SMILES string of the molecule is Cc1ccc(C(N)c2ccc(Br)cc2F)s1. The molecule has 0 aliphatic carbocycles. The van der Waals surface area contributed by atoms with E-state index in [4.69, 9.17) is 5.73 Å². The fraction of sp³-hybridized carbons (Fsp3) is 0.167. The maximum Gasteiger partial charge on any atom is 0.129 e. The van der Waals surface area contributed by atoms with Crippen LogP contribution in [0.2, 0.25) is 0 Å². The van der Waals surface area contributed by atoms with Crippen LogP contribution in [0.4, 0.5) is 4.39 Å². The van der Waals surface area contributed by atoms with E-state index in [1.165, 1.54) is 10.9 Å². The molecule has 0 saturated heterocycles. The van der Waals surface area contributed by atoms with E-state index in [1.54, 1.807) is 23.5 Å². The fourth-order valence-electron chi connectivity index (χ4n) is 1.53. The summed E-state index contributed by atoms with van der Waals surface area (Å²) < 4.78 is 14.4. The van der Waals surface area contributed by atoms with Crippen molar-refractivity contribution < 1.29 is 4.39 Å². The summed E-state index contributed by atoms with van der Waals surface area (Å²) in [6.07, 6.45) is 0. The molecule has 1 heterocycles. The average Bonchev–Trinajstić information content (AvgIpc) is 2.64.